The minimum absolute atomic E-state index is 0.121. The van der Waals surface area contributed by atoms with E-state index < -0.39 is 28.9 Å². The van der Waals surface area contributed by atoms with Crippen molar-refractivity contribution in [3.8, 4) is 11.1 Å². The second kappa shape index (κ2) is 9.41. The molecule has 0 amide bonds. The van der Waals surface area contributed by atoms with E-state index in [-0.39, 0.29) is 6.42 Å². The number of hydrogen-bond donors (Lipinski definition) is 0. The van der Waals surface area contributed by atoms with Crippen LogP contribution < -0.4 is 0 Å². The van der Waals surface area contributed by atoms with Gasteiger partial charge in [-0.1, -0.05) is 40.2 Å². The number of methoxy groups -OCH3 is 1. The second-order valence-corrected chi connectivity index (χ2v) is 8.79. The SMILES string of the molecule is COC(=O)C(C)(Cc1cccc(F)c1)c1ccnc2c(-c3ccc(C(F)(F)F)cc3)c(CBr)nn12. The Morgan fingerprint density at radius 3 is 2.43 bits per heavy atom. The van der Waals surface area contributed by atoms with Crippen LogP contribution in [0.3, 0.4) is 0 Å². The van der Waals surface area contributed by atoms with E-state index in [2.05, 4.69) is 26.0 Å². The molecular formula is C25H20BrF4N3O2. The number of nitrogens with zero attached hydrogens (tertiary/aromatic N) is 3. The zero-order chi connectivity index (χ0) is 25.4. The molecule has 0 fully saturated rings. The van der Waals surface area contributed by atoms with Crippen molar-refractivity contribution in [3.63, 3.8) is 0 Å². The number of rotatable bonds is 6. The third kappa shape index (κ3) is 4.67. The Kier molecular flexibility index (Phi) is 6.68. The summed E-state index contributed by atoms with van der Waals surface area (Å²) in [7, 11) is 1.27. The van der Waals surface area contributed by atoms with Crippen molar-refractivity contribution in [3.05, 3.63) is 89.1 Å². The molecule has 182 valence electrons. The standard InChI is InChI=1S/C25H20BrF4N3O2/c1-24(23(34)35-2,13-15-4-3-5-18(27)12-15)20-10-11-31-22-21(19(14-26)32-33(20)22)16-6-8-17(9-7-16)25(28,29)30/h3-12H,13-14H2,1-2H3. The lowest BCUT2D eigenvalue weighted by Crippen LogP contribution is -2.38. The minimum Gasteiger partial charge on any atom is -0.468 e. The molecule has 5 nitrogen and oxygen atoms in total. The van der Waals surface area contributed by atoms with Crippen LogP contribution in [0.4, 0.5) is 17.6 Å². The summed E-state index contributed by atoms with van der Waals surface area (Å²) in [5.41, 5.74) is 0.926. The molecule has 0 aliphatic carbocycles. The Bertz CT molecular complexity index is 1390. The van der Waals surface area contributed by atoms with Crippen LogP contribution in [-0.2, 0) is 32.9 Å². The molecule has 35 heavy (non-hydrogen) atoms. The molecule has 0 aliphatic heterocycles. The lowest BCUT2D eigenvalue weighted by atomic mass is 9.80. The van der Waals surface area contributed by atoms with E-state index >= 15 is 0 Å². The third-order valence-corrected chi connectivity index (χ3v) is 6.40. The van der Waals surface area contributed by atoms with Crippen LogP contribution in [0.5, 0.6) is 0 Å². The molecule has 0 aliphatic rings. The number of ether oxygens (including phenoxy) is 1. The number of benzene rings is 2. The fourth-order valence-electron chi connectivity index (χ4n) is 4.17. The van der Waals surface area contributed by atoms with Gasteiger partial charge in [-0.25, -0.2) is 13.9 Å². The third-order valence-electron chi connectivity index (χ3n) is 5.87. The van der Waals surface area contributed by atoms with Crippen LogP contribution in [0.15, 0.2) is 60.8 Å². The molecule has 0 saturated carbocycles. The van der Waals surface area contributed by atoms with Crippen molar-refractivity contribution in [2.45, 2.75) is 30.3 Å². The largest absolute Gasteiger partial charge is 0.468 e. The van der Waals surface area contributed by atoms with E-state index in [0.29, 0.717) is 39.1 Å². The number of esters is 1. The molecule has 10 heteroatoms. The predicted molar refractivity (Wildman–Crippen MR) is 126 cm³/mol. The highest BCUT2D eigenvalue weighted by molar-refractivity contribution is 9.08. The van der Waals surface area contributed by atoms with Gasteiger partial charge >= 0.3 is 12.1 Å². The Hall–Kier alpha value is -3.27. The molecule has 0 radical (unpaired) electrons. The summed E-state index contributed by atoms with van der Waals surface area (Å²) in [4.78, 5) is 17.5. The van der Waals surface area contributed by atoms with Crippen LogP contribution in [-0.4, -0.2) is 27.7 Å². The second-order valence-electron chi connectivity index (χ2n) is 8.23. The zero-order valence-corrected chi connectivity index (χ0v) is 20.3. The lowest BCUT2D eigenvalue weighted by molar-refractivity contribution is -0.147. The first kappa shape index (κ1) is 24.8. The normalized spacial score (nSPS) is 13.6. The smallest absolute Gasteiger partial charge is 0.416 e. The molecule has 4 rings (SSSR count). The number of aromatic nitrogens is 3. The van der Waals surface area contributed by atoms with Gasteiger partial charge in [-0.3, -0.25) is 4.79 Å². The highest BCUT2D eigenvalue weighted by atomic mass is 79.9. The molecule has 2 aromatic heterocycles. The summed E-state index contributed by atoms with van der Waals surface area (Å²) in [6.07, 6.45) is -2.83. The lowest BCUT2D eigenvalue weighted by Gasteiger charge is -2.27. The first-order chi connectivity index (χ1) is 16.6. The van der Waals surface area contributed by atoms with Gasteiger partial charge in [0.25, 0.3) is 0 Å². The van der Waals surface area contributed by atoms with E-state index in [1.54, 1.807) is 25.1 Å². The first-order valence-corrected chi connectivity index (χ1v) is 11.6. The maximum atomic E-state index is 13.9. The zero-order valence-electron chi connectivity index (χ0n) is 18.7. The first-order valence-electron chi connectivity index (χ1n) is 10.5. The number of alkyl halides is 4. The van der Waals surface area contributed by atoms with Gasteiger partial charge in [0.05, 0.1) is 29.6 Å². The van der Waals surface area contributed by atoms with Crippen molar-refractivity contribution in [2.24, 2.45) is 0 Å². The number of halogens is 5. The van der Waals surface area contributed by atoms with E-state index in [1.165, 1.54) is 42.1 Å². The van der Waals surface area contributed by atoms with Crippen LogP contribution >= 0.6 is 15.9 Å². The molecule has 0 saturated heterocycles. The average molecular weight is 550 g/mol. The van der Waals surface area contributed by atoms with Crippen LogP contribution in [0, 0.1) is 5.82 Å². The highest BCUT2D eigenvalue weighted by Gasteiger charge is 2.40. The van der Waals surface area contributed by atoms with Crippen molar-refractivity contribution < 1.29 is 27.1 Å². The van der Waals surface area contributed by atoms with Crippen LogP contribution in [0.25, 0.3) is 16.8 Å². The number of carbonyl (C=O) groups excluding carboxylic acids is 1. The molecule has 1 atom stereocenters. The fourth-order valence-corrected chi connectivity index (χ4v) is 4.56. The summed E-state index contributed by atoms with van der Waals surface area (Å²) in [6, 6.07) is 12.3. The molecular weight excluding hydrogens is 530 g/mol. The molecule has 1 unspecified atom stereocenters. The maximum Gasteiger partial charge on any atom is 0.416 e. The summed E-state index contributed by atoms with van der Waals surface area (Å²) in [5, 5.41) is 4.92. The summed E-state index contributed by atoms with van der Waals surface area (Å²) < 4.78 is 59.6. The maximum absolute atomic E-state index is 13.9. The Morgan fingerprint density at radius 1 is 1.11 bits per heavy atom. The van der Waals surface area contributed by atoms with Gasteiger partial charge in [-0.05, 0) is 54.8 Å². The molecule has 2 aromatic carbocycles. The summed E-state index contributed by atoms with van der Waals surface area (Å²) in [6.45, 7) is 1.67. The van der Waals surface area contributed by atoms with E-state index in [0.717, 1.165) is 12.1 Å². The number of fused-ring (bicyclic) bond motifs is 1. The topological polar surface area (TPSA) is 56.5 Å². The average Bonchev–Trinajstić information content (AvgIpc) is 3.21. The van der Waals surface area contributed by atoms with Crippen LogP contribution in [0.1, 0.15) is 29.4 Å². The van der Waals surface area contributed by atoms with Gasteiger partial charge in [0.1, 0.15) is 11.2 Å². The van der Waals surface area contributed by atoms with E-state index in [1.807, 2.05) is 0 Å². The van der Waals surface area contributed by atoms with E-state index in [9.17, 15) is 22.4 Å². The molecule has 2 heterocycles. The molecule has 0 N–H and O–H groups in total. The van der Waals surface area contributed by atoms with Gasteiger partial charge < -0.3 is 4.74 Å². The van der Waals surface area contributed by atoms with Crippen molar-refractivity contribution >= 4 is 27.5 Å². The van der Waals surface area contributed by atoms with E-state index in [4.69, 9.17) is 4.74 Å². The fraction of sp³-hybridized carbons (Fsp3) is 0.240. The van der Waals surface area contributed by atoms with Gasteiger partial charge in [-0.2, -0.15) is 18.3 Å². The van der Waals surface area contributed by atoms with Gasteiger partial charge in [0.15, 0.2) is 5.65 Å². The van der Waals surface area contributed by atoms with Gasteiger partial charge in [-0.15, -0.1) is 0 Å². The number of carbonyl (C=O) groups is 1. The van der Waals surface area contributed by atoms with Crippen molar-refractivity contribution in [1.82, 2.24) is 14.6 Å². The monoisotopic (exact) mass is 549 g/mol. The summed E-state index contributed by atoms with van der Waals surface area (Å²) >= 11 is 3.39. The van der Waals surface area contributed by atoms with Gasteiger partial charge in [0, 0.05) is 11.5 Å². The predicted octanol–water partition coefficient (Wildman–Crippen LogP) is 6.12. The molecule has 0 spiro atoms. The Morgan fingerprint density at radius 2 is 1.83 bits per heavy atom. The Labute approximate surface area is 206 Å². The van der Waals surface area contributed by atoms with Crippen molar-refractivity contribution in [2.75, 3.05) is 7.11 Å². The quantitative estimate of drug-likeness (QED) is 0.165. The highest BCUT2D eigenvalue weighted by Crippen LogP contribution is 2.36. The molecule has 4 aromatic rings. The van der Waals surface area contributed by atoms with Crippen molar-refractivity contribution in [1.29, 1.82) is 0 Å². The molecule has 0 bridgehead atoms. The van der Waals surface area contributed by atoms with Crippen LogP contribution in [0.2, 0.25) is 0 Å². The number of hydrogen-bond acceptors (Lipinski definition) is 4. The Balaban J connectivity index is 1.90. The minimum atomic E-state index is -4.46. The summed E-state index contributed by atoms with van der Waals surface area (Å²) in [5.74, 6) is -0.985. The van der Waals surface area contributed by atoms with Gasteiger partial charge in [0.2, 0.25) is 0 Å².